The van der Waals surface area contributed by atoms with Gasteiger partial charge in [0.05, 0.1) is 6.61 Å². The molecule has 4 heteroatoms. The van der Waals surface area contributed by atoms with Crippen LogP contribution in [-0.4, -0.2) is 18.6 Å². The molecule has 0 radical (unpaired) electrons. The summed E-state index contributed by atoms with van der Waals surface area (Å²) in [7, 11) is 0. The Hall–Kier alpha value is -1.55. The number of nitrogens with one attached hydrogen (secondary N) is 1. The first kappa shape index (κ1) is 15.5. The number of nitrogens with two attached hydrogens (primary N) is 1. The normalized spacial score (nSPS) is 15.6. The minimum atomic E-state index is -0.861. The maximum atomic E-state index is 11.8. The summed E-state index contributed by atoms with van der Waals surface area (Å²) in [6.45, 7) is 8.48. The van der Waals surface area contributed by atoms with Gasteiger partial charge >= 0.3 is 0 Å². The zero-order chi connectivity index (χ0) is 14.5. The summed E-state index contributed by atoms with van der Waals surface area (Å²) >= 11 is 0. The number of primary amides is 1. The fraction of sp³-hybridized carbons (Fsp3) is 0.533. The van der Waals surface area contributed by atoms with Crippen molar-refractivity contribution in [2.24, 2.45) is 5.73 Å². The second kappa shape index (κ2) is 6.57. The Morgan fingerprint density at radius 3 is 2.37 bits per heavy atom. The van der Waals surface area contributed by atoms with Gasteiger partial charge < -0.3 is 10.5 Å². The Kier molecular flexibility index (Phi) is 5.36. The molecule has 1 rings (SSSR count). The van der Waals surface area contributed by atoms with Crippen LogP contribution in [0.3, 0.4) is 0 Å². The molecule has 0 saturated heterocycles. The van der Waals surface area contributed by atoms with Gasteiger partial charge in [-0.3, -0.25) is 10.1 Å². The molecule has 1 aromatic carbocycles. The first-order valence-corrected chi connectivity index (χ1v) is 6.75. The Balaban J connectivity index is 3.01. The third-order valence-corrected chi connectivity index (χ3v) is 3.38. The number of rotatable bonds is 7. The van der Waals surface area contributed by atoms with E-state index in [2.05, 4.69) is 12.2 Å². The van der Waals surface area contributed by atoms with Crippen LogP contribution < -0.4 is 15.8 Å². The van der Waals surface area contributed by atoms with Crippen LogP contribution >= 0.6 is 0 Å². The van der Waals surface area contributed by atoms with Crippen molar-refractivity contribution < 1.29 is 9.53 Å². The lowest BCUT2D eigenvalue weighted by Gasteiger charge is -2.31. The van der Waals surface area contributed by atoms with E-state index in [1.165, 1.54) is 0 Å². The predicted octanol–water partition coefficient (Wildman–Crippen LogP) is 2.17. The van der Waals surface area contributed by atoms with E-state index in [0.717, 1.165) is 17.7 Å². The van der Waals surface area contributed by atoms with Crippen molar-refractivity contribution in [3.63, 3.8) is 0 Å². The quantitative estimate of drug-likeness (QED) is 0.793. The molecule has 3 N–H and O–H groups in total. The van der Waals surface area contributed by atoms with E-state index in [1.807, 2.05) is 45.0 Å². The Morgan fingerprint density at radius 2 is 1.95 bits per heavy atom. The summed E-state index contributed by atoms with van der Waals surface area (Å²) in [4.78, 5) is 11.8. The van der Waals surface area contributed by atoms with E-state index in [0.29, 0.717) is 6.61 Å². The largest absolute Gasteiger partial charge is 0.494 e. The number of benzene rings is 1. The van der Waals surface area contributed by atoms with Crippen LogP contribution in [0.5, 0.6) is 5.75 Å². The van der Waals surface area contributed by atoms with Crippen molar-refractivity contribution in [3.05, 3.63) is 29.8 Å². The third-order valence-electron chi connectivity index (χ3n) is 3.38. The van der Waals surface area contributed by atoms with Crippen LogP contribution in [0, 0.1) is 0 Å². The van der Waals surface area contributed by atoms with Crippen LogP contribution in [0.25, 0.3) is 0 Å². The molecule has 0 fully saturated rings. The van der Waals surface area contributed by atoms with Crippen LogP contribution in [0.15, 0.2) is 24.3 Å². The average molecular weight is 264 g/mol. The van der Waals surface area contributed by atoms with Gasteiger partial charge in [-0.15, -0.1) is 0 Å². The van der Waals surface area contributed by atoms with E-state index in [-0.39, 0.29) is 11.9 Å². The zero-order valence-corrected chi connectivity index (χ0v) is 12.2. The lowest BCUT2D eigenvalue weighted by atomic mass is 9.90. The van der Waals surface area contributed by atoms with Gasteiger partial charge in [0.2, 0.25) is 5.91 Å². The molecule has 0 aliphatic rings. The van der Waals surface area contributed by atoms with Crippen LogP contribution in [0.4, 0.5) is 0 Å². The number of hydrogen-bond donors (Lipinski definition) is 2. The summed E-state index contributed by atoms with van der Waals surface area (Å²) in [6.07, 6.45) is 0.930. The van der Waals surface area contributed by atoms with E-state index in [4.69, 9.17) is 10.5 Å². The highest BCUT2D eigenvalue weighted by atomic mass is 16.5. The lowest BCUT2D eigenvalue weighted by molar-refractivity contribution is -0.124. The second-order valence-electron chi connectivity index (χ2n) is 4.90. The minimum absolute atomic E-state index is 0.212. The summed E-state index contributed by atoms with van der Waals surface area (Å²) in [5.41, 5.74) is 5.56. The number of amides is 1. The number of carbonyl (C=O) groups excluding carboxylic acids is 1. The third kappa shape index (κ3) is 3.70. The molecule has 2 atom stereocenters. The molecule has 0 aromatic heterocycles. The summed E-state index contributed by atoms with van der Waals surface area (Å²) in [5, 5.41) is 3.29. The van der Waals surface area contributed by atoms with Gasteiger partial charge in [-0.1, -0.05) is 19.1 Å². The zero-order valence-electron chi connectivity index (χ0n) is 12.2. The number of hydrogen-bond acceptors (Lipinski definition) is 3. The van der Waals surface area contributed by atoms with Gasteiger partial charge in [-0.2, -0.15) is 0 Å². The molecule has 0 spiro atoms. The monoisotopic (exact) mass is 264 g/mol. The highest BCUT2D eigenvalue weighted by Crippen LogP contribution is 2.24. The van der Waals surface area contributed by atoms with Crippen molar-refractivity contribution >= 4 is 5.91 Å². The molecule has 0 aliphatic carbocycles. The molecule has 4 nitrogen and oxygen atoms in total. The molecule has 0 aliphatic heterocycles. The topological polar surface area (TPSA) is 64.3 Å². The molecular formula is C15H24N2O2. The van der Waals surface area contributed by atoms with Gasteiger partial charge in [-0.25, -0.2) is 0 Å². The van der Waals surface area contributed by atoms with Gasteiger partial charge in [0.15, 0.2) is 0 Å². The molecule has 1 aromatic rings. The van der Waals surface area contributed by atoms with Crippen molar-refractivity contribution in [2.75, 3.05) is 6.61 Å². The van der Waals surface area contributed by atoms with Crippen molar-refractivity contribution in [1.29, 1.82) is 0 Å². The molecule has 1 amide bonds. The molecule has 0 heterocycles. The SMILES string of the molecule is CCOc1ccc(C(C)(NC(C)CC)C(N)=O)cc1. The van der Waals surface area contributed by atoms with Crippen LogP contribution in [0.1, 0.15) is 39.7 Å². The van der Waals surface area contributed by atoms with Crippen molar-refractivity contribution in [3.8, 4) is 5.75 Å². The minimum Gasteiger partial charge on any atom is -0.494 e. The van der Waals surface area contributed by atoms with Gasteiger partial charge in [0.25, 0.3) is 0 Å². The van der Waals surface area contributed by atoms with Crippen LogP contribution in [0.2, 0.25) is 0 Å². The highest BCUT2D eigenvalue weighted by molar-refractivity contribution is 5.85. The number of ether oxygens (including phenoxy) is 1. The summed E-state index contributed by atoms with van der Waals surface area (Å²) in [6, 6.07) is 7.69. The maximum absolute atomic E-state index is 11.8. The Labute approximate surface area is 115 Å². The van der Waals surface area contributed by atoms with E-state index >= 15 is 0 Å². The second-order valence-corrected chi connectivity index (χ2v) is 4.90. The van der Waals surface area contributed by atoms with Crippen molar-refractivity contribution in [1.82, 2.24) is 5.32 Å². The maximum Gasteiger partial charge on any atom is 0.242 e. The standard InChI is InChI=1S/C15H24N2O2/c1-5-11(3)17-15(4,14(16)18)12-7-9-13(10-8-12)19-6-2/h7-11,17H,5-6H2,1-4H3,(H2,16,18). The van der Waals surface area contributed by atoms with E-state index in [1.54, 1.807) is 0 Å². The van der Waals surface area contributed by atoms with Gasteiger partial charge in [0, 0.05) is 6.04 Å². The Bertz CT molecular complexity index is 417. The average Bonchev–Trinajstić information content (AvgIpc) is 2.39. The molecular weight excluding hydrogens is 240 g/mol. The summed E-state index contributed by atoms with van der Waals surface area (Å²) < 4.78 is 5.40. The lowest BCUT2D eigenvalue weighted by Crippen LogP contribution is -2.53. The smallest absolute Gasteiger partial charge is 0.242 e. The first-order valence-electron chi connectivity index (χ1n) is 6.75. The first-order chi connectivity index (χ1) is 8.93. The fourth-order valence-electron chi connectivity index (χ4n) is 1.94. The predicted molar refractivity (Wildman–Crippen MR) is 77.0 cm³/mol. The van der Waals surface area contributed by atoms with Crippen molar-refractivity contribution in [2.45, 2.75) is 45.7 Å². The molecule has 19 heavy (non-hydrogen) atoms. The molecule has 0 bridgehead atoms. The number of carbonyl (C=O) groups is 1. The Morgan fingerprint density at radius 1 is 1.37 bits per heavy atom. The van der Waals surface area contributed by atoms with E-state index < -0.39 is 5.54 Å². The fourth-order valence-corrected chi connectivity index (χ4v) is 1.94. The summed E-state index contributed by atoms with van der Waals surface area (Å²) in [5.74, 6) is 0.415. The van der Waals surface area contributed by atoms with Gasteiger partial charge in [-0.05, 0) is 44.9 Å². The van der Waals surface area contributed by atoms with Gasteiger partial charge in [0.1, 0.15) is 11.3 Å². The molecule has 106 valence electrons. The van der Waals surface area contributed by atoms with Crippen LogP contribution in [-0.2, 0) is 10.3 Å². The molecule has 0 saturated carbocycles. The molecule has 2 unspecified atom stereocenters. The highest BCUT2D eigenvalue weighted by Gasteiger charge is 2.33. The van der Waals surface area contributed by atoms with E-state index in [9.17, 15) is 4.79 Å².